The number of hydrogen-bond acceptors (Lipinski definition) is 3. The standard InChI is InChI=1S/C16H20BrNO3/c17-15-6-10(16(20)21)1-2-12(15)8-18-7-11-3-4-14(19)5-13(11)9-18/h1-2,6,11,13-14,19H,3-5,7-9H2,(H,20,21)/t11-,13+,14-/m1/s1. The second-order valence-corrected chi connectivity index (χ2v) is 7.15. The van der Waals surface area contributed by atoms with Gasteiger partial charge in [-0.05, 0) is 48.8 Å². The first-order valence-electron chi connectivity index (χ1n) is 7.45. The maximum absolute atomic E-state index is 11.0. The number of likely N-dealkylation sites (tertiary alicyclic amines) is 1. The third-order valence-electron chi connectivity index (χ3n) is 4.79. The molecule has 1 saturated carbocycles. The summed E-state index contributed by atoms with van der Waals surface area (Å²) < 4.78 is 0.859. The van der Waals surface area contributed by atoms with Crippen LogP contribution in [-0.4, -0.2) is 40.3 Å². The van der Waals surface area contributed by atoms with Crippen LogP contribution in [0.5, 0.6) is 0 Å². The van der Waals surface area contributed by atoms with Crippen LogP contribution in [0.3, 0.4) is 0 Å². The highest BCUT2D eigenvalue weighted by Gasteiger charge is 2.37. The second-order valence-electron chi connectivity index (χ2n) is 6.29. The van der Waals surface area contributed by atoms with Crippen molar-refractivity contribution in [1.29, 1.82) is 0 Å². The summed E-state index contributed by atoms with van der Waals surface area (Å²) >= 11 is 3.48. The molecule has 1 heterocycles. The van der Waals surface area contributed by atoms with Crippen molar-refractivity contribution in [2.45, 2.75) is 31.9 Å². The molecule has 1 aliphatic carbocycles. The van der Waals surface area contributed by atoms with Gasteiger partial charge in [-0.25, -0.2) is 4.79 Å². The summed E-state index contributed by atoms with van der Waals surface area (Å²) in [7, 11) is 0. The fraction of sp³-hybridized carbons (Fsp3) is 0.562. The Labute approximate surface area is 132 Å². The maximum Gasteiger partial charge on any atom is 0.335 e. The fourth-order valence-corrected chi connectivity index (χ4v) is 4.19. The number of aromatic carboxylic acids is 1. The van der Waals surface area contributed by atoms with Crippen molar-refractivity contribution >= 4 is 21.9 Å². The Kier molecular flexibility index (Phi) is 4.33. The molecule has 114 valence electrons. The number of nitrogens with zero attached hydrogens (tertiary/aromatic N) is 1. The van der Waals surface area contributed by atoms with Crippen molar-refractivity contribution in [3.05, 3.63) is 33.8 Å². The number of halogens is 1. The van der Waals surface area contributed by atoms with E-state index in [1.807, 2.05) is 6.07 Å². The number of rotatable bonds is 3. The van der Waals surface area contributed by atoms with Gasteiger partial charge in [0.2, 0.25) is 0 Å². The van der Waals surface area contributed by atoms with E-state index in [1.54, 1.807) is 12.1 Å². The summed E-state index contributed by atoms with van der Waals surface area (Å²) in [5, 5.41) is 18.8. The van der Waals surface area contributed by atoms with Gasteiger partial charge in [0.25, 0.3) is 0 Å². The highest BCUT2D eigenvalue weighted by molar-refractivity contribution is 9.10. The average molecular weight is 354 g/mol. The molecule has 2 aliphatic rings. The lowest BCUT2D eigenvalue weighted by atomic mass is 9.80. The van der Waals surface area contributed by atoms with Gasteiger partial charge >= 0.3 is 5.97 Å². The molecule has 5 heteroatoms. The van der Waals surface area contributed by atoms with Crippen LogP contribution in [0.1, 0.15) is 35.2 Å². The highest BCUT2D eigenvalue weighted by atomic mass is 79.9. The van der Waals surface area contributed by atoms with E-state index in [4.69, 9.17) is 5.11 Å². The Morgan fingerprint density at radius 1 is 1.29 bits per heavy atom. The molecule has 0 bridgehead atoms. The first-order chi connectivity index (χ1) is 10.0. The minimum Gasteiger partial charge on any atom is -0.478 e. The molecule has 1 aliphatic heterocycles. The molecule has 3 rings (SSSR count). The molecule has 0 amide bonds. The molecule has 1 saturated heterocycles. The van der Waals surface area contributed by atoms with Crippen LogP contribution in [-0.2, 0) is 6.54 Å². The predicted octanol–water partition coefficient (Wildman–Crippen LogP) is 2.74. The van der Waals surface area contributed by atoms with Crippen molar-refractivity contribution in [2.24, 2.45) is 11.8 Å². The lowest BCUT2D eigenvalue weighted by Gasteiger charge is -2.27. The van der Waals surface area contributed by atoms with E-state index in [1.165, 1.54) is 0 Å². The normalized spacial score (nSPS) is 29.3. The van der Waals surface area contributed by atoms with E-state index >= 15 is 0 Å². The predicted molar refractivity (Wildman–Crippen MR) is 83.2 cm³/mol. The zero-order chi connectivity index (χ0) is 15.0. The van der Waals surface area contributed by atoms with Gasteiger partial charge in [-0.15, -0.1) is 0 Å². The Bertz CT molecular complexity index is 548. The third-order valence-corrected chi connectivity index (χ3v) is 5.53. The number of hydrogen-bond donors (Lipinski definition) is 2. The van der Waals surface area contributed by atoms with Gasteiger partial charge in [-0.1, -0.05) is 22.0 Å². The lowest BCUT2D eigenvalue weighted by molar-refractivity contribution is 0.0696. The summed E-state index contributed by atoms with van der Waals surface area (Å²) in [5.74, 6) is 0.430. The molecule has 0 unspecified atom stereocenters. The summed E-state index contributed by atoms with van der Waals surface area (Å²) in [6, 6.07) is 5.23. The lowest BCUT2D eigenvalue weighted by Crippen LogP contribution is -2.26. The van der Waals surface area contributed by atoms with Crippen LogP contribution in [0.4, 0.5) is 0 Å². The minimum atomic E-state index is -0.900. The number of carboxylic acid groups (broad SMARTS) is 1. The van der Waals surface area contributed by atoms with Crippen molar-refractivity contribution in [1.82, 2.24) is 4.90 Å². The van der Waals surface area contributed by atoms with Crippen LogP contribution in [0.15, 0.2) is 22.7 Å². The number of aliphatic hydroxyl groups excluding tert-OH is 1. The maximum atomic E-state index is 11.0. The van der Waals surface area contributed by atoms with Crippen molar-refractivity contribution in [2.75, 3.05) is 13.1 Å². The quantitative estimate of drug-likeness (QED) is 0.876. The number of carboxylic acids is 1. The van der Waals surface area contributed by atoms with Crippen molar-refractivity contribution < 1.29 is 15.0 Å². The molecular weight excluding hydrogens is 334 g/mol. The van der Waals surface area contributed by atoms with Crippen molar-refractivity contribution in [3.8, 4) is 0 Å². The topological polar surface area (TPSA) is 60.8 Å². The molecule has 0 aromatic heterocycles. The molecule has 2 fully saturated rings. The Morgan fingerprint density at radius 3 is 2.76 bits per heavy atom. The van der Waals surface area contributed by atoms with E-state index in [9.17, 15) is 9.90 Å². The first-order valence-corrected chi connectivity index (χ1v) is 8.24. The summed E-state index contributed by atoms with van der Waals surface area (Å²) in [4.78, 5) is 13.4. The van der Waals surface area contributed by atoms with Gasteiger partial charge in [0, 0.05) is 24.1 Å². The van der Waals surface area contributed by atoms with Crippen LogP contribution in [0.2, 0.25) is 0 Å². The van der Waals surface area contributed by atoms with E-state index in [0.717, 1.165) is 48.9 Å². The summed E-state index contributed by atoms with van der Waals surface area (Å²) in [6.45, 7) is 2.96. The number of fused-ring (bicyclic) bond motifs is 1. The fourth-order valence-electron chi connectivity index (χ4n) is 3.68. The molecule has 0 radical (unpaired) electrons. The molecule has 1 aromatic rings. The molecule has 1 aromatic carbocycles. The zero-order valence-corrected chi connectivity index (χ0v) is 13.4. The van der Waals surface area contributed by atoms with E-state index < -0.39 is 5.97 Å². The molecule has 21 heavy (non-hydrogen) atoms. The second kappa shape index (κ2) is 6.07. The third kappa shape index (κ3) is 3.30. The first kappa shape index (κ1) is 15.0. The Balaban J connectivity index is 1.66. The summed E-state index contributed by atoms with van der Waals surface area (Å²) in [5.41, 5.74) is 1.43. The van der Waals surface area contributed by atoms with Crippen LogP contribution >= 0.6 is 15.9 Å². The van der Waals surface area contributed by atoms with E-state index in [2.05, 4.69) is 20.8 Å². The van der Waals surface area contributed by atoms with Crippen LogP contribution in [0, 0.1) is 11.8 Å². The zero-order valence-electron chi connectivity index (χ0n) is 11.8. The number of carbonyl (C=O) groups is 1. The van der Waals surface area contributed by atoms with Gasteiger partial charge in [-0.2, -0.15) is 0 Å². The number of aliphatic hydroxyl groups is 1. The molecule has 3 atom stereocenters. The van der Waals surface area contributed by atoms with Crippen LogP contribution in [0.25, 0.3) is 0 Å². The highest BCUT2D eigenvalue weighted by Crippen LogP contribution is 2.37. The van der Waals surface area contributed by atoms with Crippen molar-refractivity contribution in [3.63, 3.8) is 0 Å². The van der Waals surface area contributed by atoms with Crippen LogP contribution < -0.4 is 0 Å². The van der Waals surface area contributed by atoms with E-state index in [-0.39, 0.29) is 6.10 Å². The number of benzene rings is 1. The molecule has 0 spiro atoms. The molecule has 4 nitrogen and oxygen atoms in total. The van der Waals surface area contributed by atoms with Gasteiger partial charge in [-0.3, -0.25) is 4.90 Å². The Hall–Kier alpha value is -0.910. The van der Waals surface area contributed by atoms with Gasteiger partial charge < -0.3 is 10.2 Å². The average Bonchev–Trinajstić information content (AvgIpc) is 2.82. The molecule has 2 N–H and O–H groups in total. The van der Waals surface area contributed by atoms with Gasteiger partial charge in [0.05, 0.1) is 11.7 Å². The SMILES string of the molecule is O=C(O)c1ccc(CN2C[C@H]3CC[C@@H](O)C[C@H]3C2)c(Br)c1. The largest absolute Gasteiger partial charge is 0.478 e. The monoisotopic (exact) mass is 353 g/mol. The van der Waals surface area contributed by atoms with Gasteiger partial charge in [0.15, 0.2) is 0 Å². The molecular formula is C16H20BrNO3. The van der Waals surface area contributed by atoms with Gasteiger partial charge in [0.1, 0.15) is 0 Å². The Morgan fingerprint density at radius 2 is 2.05 bits per heavy atom. The minimum absolute atomic E-state index is 0.118. The summed E-state index contributed by atoms with van der Waals surface area (Å²) in [6.07, 6.45) is 2.88. The smallest absolute Gasteiger partial charge is 0.335 e. The van der Waals surface area contributed by atoms with E-state index in [0.29, 0.717) is 17.4 Å².